The van der Waals surface area contributed by atoms with E-state index in [4.69, 9.17) is 4.84 Å². The van der Waals surface area contributed by atoms with Crippen molar-refractivity contribution in [3.05, 3.63) is 81.9 Å². The van der Waals surface area contributed by atoms with Crippen LogP contribution in [-0.2, 0) is 6.61 Å². The average Bonchev–Trinajstić information content (AvgIpc) is 2.48. The largest absolute Gasteiger partial charge is 0.618 e. The fourth-order valence-electron chi connectivity index (χ4n) is 2.01. The van der Waals surface area contributed by atoms with E-state index in [2.05, 4.69) is 0 Å². The topological polar surface area (TPSA) is 58.2 Å². The van der Waals surface area contributed by atoms with E-state index < -0.39 is 5.56 Å². The van der Waals surface area contributed by atoms with E-state index in [0.717, 1.165) is 16.5 Å². The van der Waals surface area contributed by atoms with Crippen LogP contribution in [0.25, 0.3) is 11.0 Å². The van der Waals surface area contributed by atoms with Crippen LogP contribution in [0.5, 0.6) is 0 Å². The Balaban J connectivity index is 2.01. The summed E-state index contributed by atoms with van der Waals surface area (Å²) in [7, 11) is 0. The predicted molar refractivity (Wildman–Crippen MR) is 73.9 cm³/mol. The standard InChI is InChI=1S/C15H12N2O3/c18-15-10-16(19)13-8-4-5-9-14(13)17(15)20-11-12-6-2-1-3-7-12/h1-10H,11H2. The molecule has 0 radical (unpaired) electrons. The number of aromatic nitrogens is 2. The summed E-state index contributed by atoms with van der Waals surface area (Å²) in [5.41, 5.74) is 1.29. The second kappa shape index (κ2) is 5.05. The average molecular weight is 268 g/mol. The van der Waals surface area contributed by atoms with E-state index in [1.54, 1.807) is 24.3 Å². The van der Waals surface area contributed by atoms with Crippen LogP contribution in [0.15, 0.2) is 65.6 Å². The summed E-state index contributed by atoms with van der Waals surface area (Å²) in [4.78, 5) is 17.4. The molecule has 5 nitrogen and oxygen atoms in total. The maximum atomic E-state index is 11.9. The molecule has 0 fully saturated rings. The third-order valence-corrected chi connectivity index (χ3v) is 2.97. The van der Waals surface area contributed by atoms with Crippen LogP contribution in [0.1, 0.15) is 5.56 Å². The highest BCUT2D eigenvalue weighted by Crippen LogP contribution is 2.06. The van der Waals surface area contributed by atoms with Crippen LogP contribution in [0.2, 0.25) is 0 Å². The van der Waals surface area contributed by atoms with Crippen molar-refractivity contribution in [2.45, 2.75) is 6.61 Å². The van der Waals surface area contributed by atoms with Gasteiger partial charge in [-0.1, -0.05) is 42.5 Å². The molecule has 1 aromatic heterocycles. The summed E-state index contributed by atoms with van der Waals surface area (Å²) in [6.45, 7) is 0.258. The molecule has 0 bridgehead atoms. The summed E-state index contributed by atoms with van der Waals surface area (Å²) < 4.78 is 1.71. The minimum Gasteiger partial charge on any atom is -0.618 e. The lowest BCUT2D eigenvalue weighted by atomic mass is 10.2. The molecule has 0 amide bonds. The van der Waals surface area contributed by atoms with Gasteiger partial charge in [0.05, 0.1) is 0 Å². The predicted octanol–water partition coefficient (Wildman–Crippen LogP) is 1.26. The lowest BCUT2D eigenvalue weighted by Crippen LogP contribution is -2.38. The van der Waals surface area contributed by atoms with Crippen molar-refractivity contribution >= 4 is 11.0 Å². The van der Waals surface area contributed by atoms with Gasteiger partial charge in [-0.2, -0.15) is 4.73 Å². The van der Waals surface area contributed by atoms with E-state index in [9.17, 15) is 10.0 Å². The fraction of sp³-hybridized carbons (Fsp3) is 0.0667. The smallest absolute Gasteiger partial charge is 0.349 e. The molecule has 0 unspecified atom stereocenters. The highest BCUT2D eigenvalue weighted by molar-refractivity contribution is 5.70. The van der Waals surface area contributed by atoms with Gasteiger partial charge in [0.1, 0.15) is 6.61 Å². The molecule has 0 aliphatic rings. The number of nitrogens with zero attached hydrogens (tertiary/aromatic N) is 2. The van der Waals surface area contributed by atoms with Gasteiger partial charge in [0.2, 0.25) is 11.7 Å². The first-order chi connectivity index (χ1) is 9.75. The molecule has 0 atom stereocenters. The Morgan fingerprint density at radius 2 is 1.75 bits per heavy atom. The molecule has 0 aliphatic carbocycles. The van der Waals surface area contributed by atoms with Gasteiger partial charge in [0.25, 0.3) is 0 Å². The highest BCUT2D eigenvalue weighted by Gasteiger charge is 2.11. The van der Waals surface area contributed by atoms with Crippen LogP contribution < -0.4 is 15.1 Å². The van der Waals surface area contributed by atoms with Crippen molar-refractivity contribution in [3.8, 4) is 0 Å². The highest BCUT2D eigenvalue weighted by atomic mass is 16.7. The summed E-state index contributed by atoms with van der Waals surface area (Å²) >= 11 is 0. The number of benzene rings is 2. The van der Waals surface area contributed by atoms with Crippen molar-refractivity contribution in [1.82, 2.24) is 4.73 Å². The molecule has 0 saturated carbocycles. The molecule has 100 valence electrons. The SMILES string of the molecule is O=c1c[n+]([O-])c2ccccc2n1OCc1ccccc1. The Labute approximate surface area is 114 Å². The Hall–Kier alpha value is -2.82. The van der Waals surface area contributed by atoms with Crippen molar-refractivity contribution < 1.29 is 9.57 Å². The second-order valence-corrected chi connectivity index (χ2v) is 4.34. The lowest BCUT2D eigenvalue weighted by Gasteiger charge is -2.11. The van der Waals surface area contributed by atoms with Crippen molar-refractivity contribution in [1.29, 1.82) is 0 Å². The van der Waals surface area contributed by atoms with Crippen LogP contribution in [-0.4, -0.2) is 4.73 Å². The monoisotopic (exact) mass is 268 g/mol. The van der Waals surface area contributed by atoms with Gasteiger partial charge < -0.3 is 10.0 Å². The van der Waals surface area contributed by atoms with Crippen LogP contribution in [0.3, 0.4) is 0 Å². The maximum Gasteiger partial charge on any atom is 0.349 e. The fourth-order valence-corrected chi connectivity index (χ4v) is 2.01. The second-order valence-electron chi connectivity index (χ2n) is 4.34. The van der Waals surface area contributed by atoms with Gasteiger partial charge >= 0.3 is 5.56 Å². The van der Waals surface area contributed by atoms with Gasteiger partial charge in [0.15, 0.2) is 5.52 Å². The first-order valence-corrected chi connectivity index (χ1v) is 6.17. The first kappa shape index (κ1) is 12.2. The van der Waals surface area contributed by atoms with Gasteiger partial charge in [-0.05, 0) is 11.6 Å². The van der Waals surface area contributed by atoms with Gasteiger partial charge in [-0.15, -0.1) is 4.73 Å². The maximum absolute atomic E-state index is 11.9. The summed E-state index contributed by atoms with van der Waals surface area (Å²) in [5.74, 6) is 0. The van der Waals surface area contributed by atoms with E-state index in [1.165, 1.54) is 0 Å². The molecule has 2 aromatic carbocycles. The molecule has 3 aromatic rings. The molecule has 0 spiro atoms. The number of para-hydroxylation sites is 2. The normalized spacial score (nSPS) is 10.6. The van der Waals surface area contributed by atoms with E-state index in [0.29, 0.717) is 15.8 Å². The third-order valence-electron chi connectivity index (χ3n) is 2.97. The molecule has 20 heavy (non-hydrogen) atoms. The zero-order valence-corrected chi connectivity index (χ0v) is 10.6. The lowest BCUT2D eigenvalue weighted by molar-refractivity contribution is -0.578. The Morgan fingerprint density at radius 3 is 2.55 bits per heavy atom. The summed E-state index contributed by atoms with van der Waals surface area (Å²) in [6.07, 6.45) is 0.966. The van der Waals surface area contributed by atoms with Crippen molar-refractivity contribution in [2.75, 3.05) is 0 Å². The molecule has 0 aliphatic heterocycles. The van der Waals surface area contributed by atoms with E-state index in [-0.39, 0.29) is 6.61 Å². The molecular weight excluding hydrogens is 256 g/mol. The third kappa shape index (κ3) is 2.21. The zero-order valence-electron chi connectivity index (χ0n) is 10.6. The number of hydrogen-bond donors (Lipinski definition) is 0. The van der Waals surface area contributed by atoms with Gasteiger partial charge in [-0.25, -0.2) is 0 Å². The van der Waals surface area contributed by atoms with Crippen LogP contribution in [0, 0.1) is 5.21 Å². The Morgan fingerprint density at radius 1 is 1.05 bits per heavy atom. The van der Waals surface area contributed by atoms with Crippen molar-refractivity contribution in [2.24, 2.45) is 0 Å². The minimum atomic E-state index is -0.491. The molecular formula is C15H12N2O3. The molecule has 1 heterocycles. The van der Waals surface area contributed by atoms with Gasteiger partial charge in [0, 0.05) is 6.07 Å². The first-order valence-electron chi connectivity index (χ1n) is 6.17. The van der Waals surface area contributed by atoms with Crippen molar-refractivity contribution in [3.63, 3.8) is 0 Å². The molecule has 5 heteroatoms. The number of hydrogen-bond acceptors (Lipinski definition) is 3. The van der Waals surface area contributed by atoms with Crippen LogP contribution >= 0.6 is 0 Å². The summed E-state index contributed by atoms with van der Waals surface area (Å²) in [5, 5.41) is 11.7. The van der Waals surface area contributed by atoms with Crippen LogP contribution in [0.4, 0.5) is 0 Å². The Kier molecular flexibility index (Phi) is 3.09. The molecule has 3 rings (SSSR count). The zero-order chi connectivity index (χ0) is 13.9. The Bertz CT molecular complexity index is 797. The van der Waals surface area contributed by atoms with Gasteiger partial charge in [-0.3, -0.25) is 4.79 Å². The van der Waals surface area contributed by atoms with E-state index in [1.807, 2.05) is 30.3 Å². The molecule has 0 N–H and O–H groups in total. The molecule has 0 saturated heterocycles. The number of fused-ring (bicyclic) bond motifs is 1. The minimum absolute atomic E-state index is 0.258. The number of rotatable bonds is 3. The van der Waals surface area contributed by atoms with E-state index >= 15 is 0 Å². The quantitative estimate of drug-likeness (QED) is 0.531. The summed E-state index contributed by atoms with van der Waals surface area (Å²) in [6, 6.07) is 16.3.